The van der Waals surface area contributed by atoms with Crippen LogP contribution in [0.5, 0.6) is 0 Å². The maximum atomic E-state index is 11.7. The fourth-order valence-electron chi connectivity index (χ4n) is 1.85. The number of nitrogens with zero attached hydrogens (tertiary/aromatic N) is 1. The summed E-state index contributed by atoms with van der Waals surface area (Å²) < 4.78 is 24.2. The van der Waals surface area contributed by atoms with E-state index in [0.29, 0.717) is 5.69 Å². The van der Waals surface area contributed by atoms with Crippen LogP contribution in [0, 0.1) is 0 Å². The Morgan fingerprint density at radius 3 is 2.37 bits per heavy atom. The van der Waals surface area contributed by atoms with Crippen LogP contribution in [-0.2, 0) is 14.8 Å². The number of carbonyl (C=O) groups is 1. The van der Waals surface area contributed by atoms with Gasteiger partial charge in [0.15, 0.2) is 0 Å². The topological polar surface area (TPSA) is 74.7 Å². The largest absolute Gasteiger partial charge is 0.480 e. The molecule has 0 aromatic heterocycles. The van der Waals surface area contributed by atoms with E-state index in [4.69, 9.17) is 5.11 Å². The molecule has 0 radical (unpaired) electrons. The molecule has 0 aliphatic carbocycles. The predicted molar refractivity (Wildman–Crippen MR) is 73.8 cm³/mol. The molecule has 0 saturated heterocycles. The third kappa shape index (κ3) is 3.03. The summed E-state index contributed by atoms with van der Waals surface area (Å²) in [6.45, 7) is -0.586. The molecule has 6 heteroatoms. The Morgan fingerprint density at radius 2 is 1.79 bits per heavy atom. The molecular weight excluding hydrogens is 266 g/mol. The normalized spacial score (nSPS) is 11.4. The maximum absolute atomic E-state index is 11.7. The van der Waals surface area contributed by atoms with Gasteiger partial charge in [-0.3, -0.25) is 9.10 Å². The van der Waals surface area contributed by atoms with Gasteiger partial charge in [-0.25, -0.2) is 8.42 Å². The number of hydrogen-bond acceptors (Lipinski definition) is 3. The Kier molecular flexibility index (Phi) is 3.44. The van der Waals surface area contributed by atoms with Crippen molar-refractivity contribution in [1.29, 1.82) is 0 Å². The number of rotatable bonds is 4. The van der Waals surface area contributed by atoms with E-state index in [9.17, 15) is 13.2 Å². The molecule has 2 aromatic carbocycles. The summed E-state index contributed by atoms with van der Waals surface area (Å²) >= 11 is 0. The van der Waals surface area contributed by atoms with Gasteiger partial charge in [0, 0.05) is 0 Å². The molecule has 0 bridgehead atoms. The average Bonchev–Trinajstić information content (AvgIpc) is 2.34. The number of hydrogen-bond donors (Lipinski definition) is 1. The van der Waals surface area contributed by atoms with E-state index >= 15 is 0 Å². The number of benzene rings is 2. The first-order valence-corrected chi connectivity index (χ1v) is 7.41. The molecule has 0 saturated carbocycles. The summed E-state index contributed by atoms with van der Waals surface area (Å²) in [5.74, 6) is -1.20. The Bertz CT molecular complexity index is 724. The van der Waals surface area contributed by atoms with Gasteiger partial charge in [0.1, 0.15) is 6.54 Å². The summed E-state index contributed by atoms with van der Waals surface area (Å²) in [5, 5.41) is 10.6. The van der Waals surface area contributed by atoms with Gasteiger partial charge in [-0.05, 0) is 22.9 Å². The van der Waals surface area contributed by atoms with Crippen LogP contribution in [0.15, 0.2) is 42.5 Å². The molecular formula is C13H13NO4S. The van der Waals surface area contributed by atoms with Crippen molar-refractivity contribution in [2.45, 2.75) is 0 Å². The summed E-state index contributed by atoms with van der Waals surface area (Å²) in [6, 6.07) is 12.5. The second-order valence-electron chi connectivity index (χ2n) is 4.19. The number of aliphatic carboxylic acids is 1. The van der Waals surface area contributed by atoms with Crippen molar-refractivity contribution in [3.63, 3.8) is 0 Å². The van der Waals surface area contributed by atoms with Gasteiger partial charge >= 0.3 is 5.97 Å². The fraction of sp³-hybridized carbons (Fsp3) is 0.154. The van der Waals surface area contributed by atoms with Crippen molar-refractivity contribution < 1.29 is 18.3 Å². The first kappa shape index (κ1) is 13.4. The zero-order chi connectivity index (χ0) is 14.0. The van der Waals surface area contributed by atoms with Crippen molar-refractivity contribution in [1.82, 2.24) is 0 Å². The van der Waals surface area contributed by atoms with Crippen LogP contribution in [0.2, 0.25) is 0 Å². The van der Waals surface area contributed by atoms with E-state index in [1.165, 1.54) is 0 Å². The minimum absolute atomic E-state index is 0.351. The Labute approximate surface area is 111 Å². The lowest BCUT2D eigenvalue weighted by Crippen LogP contribution is -2.34. The molecule has 2 rings (SSSR count). The summed E-state index contributed by atoms with van der Waals surface area (Å²) in [6.07, 6.45) is 0.991. The van der Waals surface area contributed by atoms with Gasteiger partial charge in [-0.1, -0.05) is 30.3 Å². The minimum atomic E-state index is -3.63. The van der Waals surface area contributed by atoms with Crippen molar-refractivity contribution in [2.75, 3.05) is 17.1 Å². The molecule has 0 heterocycles. The molecule has 0 atom stereocenters. The molecule has 100 valence electrons. The first-order valence-electron chi connectivity index (χ1n) is 5.56. The second kappa shape index (κ2) is 4.89. The molecule has 0 fully saturated rings. The zero-order valence-electron chi connectivity index (χ0n) is 10.3. The monoisotopic (exact) mass is 279 g/mol. The lowest BCUT2D eigenvalue weighted by atomic mass is 10.1. The smallest absolute Gasteiger partial charge is 0.324 e. The molecule has 0 amide bonds. The standard InChI is InChI=1S/C13H13NO4S/c1-19(17,18)14(9-13(15)16)12-7-6-10-4-2-3-5-11(10)8-12/h2-8H,9H2,1H3,(H,15,16). The predicted octanol–water partition coefficient (Wildman–Crippen LogP) is 1.69. The van der Waals surface area contributed by atoms with E-state index in [1.807, 2.05) is 24.3 Å². The molecule has 0 aliphatic rings. The maximum Gasteiger partial charge on any atom is 0.324 e. The Balaban J connectivity index is 2.53. The van der Waals surface area contributed by atoms with E-state index in [2.05, 4.69) is 0 Å². The molecule has 5 nitrogen and oxygen atoms in total. The second-order valence-corrected chi connectivity index (χ2v) is 6.10. The third-order valence-electron chi connectivity index (χ3n) is 2.70. The minimum Gasteiger partial charge on any atom is -0.480 e. The summed E-state index contributed by atoms with van der Waals surface area (Å²) in [5.41, 5.74) is 0.351. The number of carboxylic acids is 1. The molecule has 1 N–H and O–H groups in total. The van der Waals surface area contributed by atoms with Crippen LogP contribution in [0.3, 0.4) is 0 Å². The van der Waals surface area contributed by atoms with E-state index < -0.39 is 22.5 Å². The highest BCUT2D eigenvalue weighted by atomic mass is 32.2. The van der Waals surface area contributed by atoms with Crippen LogP contribution in [0.4, 0.5) is 5.69 Å². The van der Waals surface area contributed by atoms with Gasteiger partial charge in [-0.2, -0.15) is 0 Å². The van der Waals surface area contributed by atoms with Crippen molar-refractivity contribution >= 4 is 32.5 Å². The highest BCUT2D eigenvalue weighted by molar-refractivity contribution is 7.92. The first-order chi connectivity index (χ1) is 8.88. The lowest BCUT2D eigenvalue weighted by molar-refractivity contribution is -0.135. The van der Waals surface area contributed by atoms with Crippen LogP contribution in [-0.4, -0.2) is 32.3 Å². The molecule has 0 aliphatic heterocycles. The van der Waals surface area contributed by atoms with Crippen molar-refractivity contribution in [3.8, 4) is 0 Å². The Hall–Kier alpha value is -2.08. The van der Waals surface area contributed by atoms with Gasteiger partial charge in [0.2, 0.25) is 10.0 Å². The van der Waals surface area contributed by atoms with Crippen molar-refractivity contribution in [2.24, 2.45) is 0 Å². The summed E-state index contributed by atoms with van der Waals surface area (Å²) in [4.78, 5) is 10.8. The average molecular weight is 279 g/mol. The van der Waals surface area contributed by atoms with Crippen LogP contribution in [0.25, 0.3) is 10.8 Å². The van der Waals surface area contributed by atoms with Gasteiger partial charge < -0.3 is 5.11 Å². The Morgan fingerprint density at radius 1 is 1.16 bits per heavy atom. The quantitative estimate of drug-likeness (QED) is 0.924. The van der Waals surface area contributed by atoms with Gasteiger partial charge in [-0.15, -0.1) is 0 Å². The van der Waals surface area contributed by atoms with Crippen molar-refractivity contribution in [3.05, 3.63) is 42.5 Å². The molecule has 0 unspecified atom stereocenters. The molecule has 0 spiro atoms. The molecule has 19 heavy (non-hydrogen) atoms. The summed E-state index contributed by atoms with van der Waals surface area (Å²) in [7, 11) is -3.63. The number of anilines is 1. The van der Waals surface area contributed by atoms with E-state index in [-0.39, 0.29) is 0 Å². The van der Waals surface area contributed by atoms with Crippen LogP contribution in [0.1, 0.15) is 0 Å². The fourth-order valence-corrected chi connectivity index (χ4v) is 2.70. The van der Waals surface area contributed by atoms with Gasteiger partial charge in [0.25, 0.3) is 0 Å². The van der Waals surface area contributed by atoms with Gasteiger partial charge in [0.05, 0.1) is 11.9 Å². The zero-order valence-corrected chi connectivity index (χ0v) is 11.1. The van der Waals surface area contributed by atoms with Crippen LogP contribution >= 0.6 is 0 Å². The number of carboxylic acid groups (broad SMARTS) is 1. The lowest BCUT2D eigenvalue weighted by Gasteiger charge is -2.20. The highest BCUT2D eigenvalue weighted by Gasteiger charge is 2.20. The number of sulfonamides is 1. The molecule has 2 aromatic rings. The van der Waals surface area contributed by atoms with E-state index in [0.717, 1.165) is 21.3 Å². The van der Waals surface area contributed by atoms with Crippen LogP contribution < -0.4 is 4.31 Å². The number of fused-ring (bicyclic) bond motifs is 1. The van der Waals surface area contributed by atoms with E-state index in [1.54, 1.807) is 18.2 Å². The SMILES string of the molecule is CS(=O)(=O)N(CC(=O)O)c1ccc2ccccc2c1. The third-order valence-corrected chi connectivity index (χ3v) is 3.84. The highest BCUT2D eigenvalue weighted by Crippen LogP contribution is 2.23.